The van der Waals surface area contributed by atoms with Crippen LogP contribution >= 0.6 is 22.9 Å². The monoisotopic (exact) mass is 494 g/mol. The summed E-state index contributed by atoms with van der Waals surface area (Å²) in [6, 6.07) is 20.7. The Bertz CT molecular complexity index is 1540. The molecule has 5 rings (SSSR count). The lowest BCUT2D eigenvalue weighted by Crippen LogP contribution is -2.02. The number of thiophene rings is 1. The molecule has 9 heteroatoms. The van der Waals surface area contributed by atoms with Crippen LogP contribution in [-0.2, 0) is 16.4 Å². The van der Waals surface area contributed by atoms with Crippen LogP contribution in [0.4, 0.5) is 0 Å². The summed E-state index contributed by atoms with van der Waals surface area (Å²) < 4.78 is 27.8. The summed E-state index contributed by atoms with van der Waals surface area (Å²) in [7, 11) is -3.28. The van der Waals surface area contributed by atoms with E-state index < -0.39 is 9.84 Å². The van der Waals surface area contributed by atoms with Crippen molar-refractivity contribution in [1.82, 2.24) is 19.3 Å². The maximum atomic E-state index is 12.0. The smallest absolute Gasteiger partial charge is 0.175 e. The van der Waals surface area contributed by atoms with Gasteiger partial charge in [-0.15, -0.1) is 11.3 Å². The van der Waals surface area contributed by atoms with Gasteiger partial charge in [0.25, 0.3) is 0 Å². The minimum Gasteiger partial charge on any atom is -0.331 e. The third-order valence-corrected chi connectivity index (χ3v) is 7.74. The molecule has 3 aromatic heterocycles. The molecule has 166 valence electrons. The van der Waals surface area contributed by atoms with Crippen molar-refractivity contribution in [2.75, 3.05) is 6.26 Å². The molecule has 0 saturated carbocycles. The first kappa shape index (κ1) is 21.6. The average molecular weight is 495 g/mol. The highest BCUT2D eigenvalue weighted by molar-refractivity contribution is 7.90. The zero-order chi connectivity index (χ0) is 23.0. The fraction of sp³-hybridized carbons (Fsp3) is 0.0833. The molecular formula is C24H19ClN4O2S2. The first-order valence-electron chi connectivity index (χ1n) is 10.1. The molecule has 6 nitrogen and oxygen atoms in total. The average Bonchev–Trinajstić information content (AvgIpc) is 3.55. The van der Waals surface area contributed by atoms with E-state index in [2.05, 4.69) is 4.98 Å². The lowest BCUT2D eigenvalue weighted by atomic mass is 10.2. The van der Waals surface area contributed by atoms with Gasteiger partial charge in [0.05, 0.1) is 44.7 Å². The van der Waals surface area contributed by atoms with Crippen LogP contribution in [0.25, 0.3) is 26.7 Å². The van der Waals surface area contributed by atoms with E-state index in [1.807, 2.05) is 64.0 Å². The number of imidazole rings is 1. The fourth-order valence-electron chi connectivity index (χ4n) is 3.57. The van der Waals surface area contributed by atoms with Gasteiger partial charge in [-0.1, -0.05) is 35.9 Å². The topological polar surface area (TPSA) is 69.8 Å². The molecule has 0 aliphatic carbocycles. The molecule has 0 N–H and O–H groups in total. The summed E-state index contributed by atoms with van der Waals surface area (Å²) >= 11 is 8.08. The summed E-state index contributed by atoms with van der Waals surface area (Å²) in [5, 5.41) is 5.44. The van der Waals surface area contributed by atoms with E-state index in [4.69, 9.17) is 16.7 Å². The van der Waals surface area contributed by atoms with E-state index in [9.17, 15) is 8.42 Å². The van der Waals surface area contributed by atoms with Crippen molar-refractivity contribution >= 4 is 32.8 Å². The number of nitrogens with zero attached hydrogens (tertiary/aromatic N) is 4. The second kappa shape index (κ2) is 8.62. The largest absolute Gasteiger partial charge is 0.331 e. The quantitative estimate of drug-likeness (QED) is 0.309. The van der Waals surface area contributed by atoms with Gasteiger partial charge < -0.3 is 4.57 Å². The van der Waals surface area contributed by atoms with Crippen molar-refractivity contribution in [2.45, 2.75) is 11.4 Å². The van der Waals surface area contributed by atoms with Crippen LogP contribution in [-0.4, -0.2) is 34.0 Å². The van der Waals surface area contributed by atoms with Gasteiger partial charge in [-0.3, -0.25) is 0 Å². The van der Waals surface area contributed by atoms with Gasteiger partial charge in [0.2, 0.25) is 0 Å². The second-order valence-corrected chi connectivity index (χ2v) is 11.1. The van der Waals surface area contributed by atoms with Crippen LogP contribution in [0.2, 0.25) is 5.02 Å². The molecule has 0 bridgehead atoms. The molecule has 5 aromatic rings. The van der Waals surface area contributed by atoms with Crippen LogP contribution in [0.1, 0.15) is 5.69 Å². The zero-order valence-corrected chi connectivity index (χ0v) is 20.0. The molecule has 0 saturated heterocycles. The van der Waals surface area contributed by atoms with E-state index in [0.717, 1.165) is 32.4 Å². The summed E-state index contributed by atoms with van der Waals surface area (Å²) in [4.78, 5) is 6.38. The van der Waals surface area contributed by atoms with E-state index >= 15 is 0 Å². The number of rotatable bonds is 6. The Morgan fingerprint density at radius 3 is 2.58 bits per heavy atom. The highest BCUT2D eigenvalue weighted by atomic mass is 35.5. The number of benzene rings is 2. The van der Waals surface area contributed by atoms with Crippen molar-refractivity contribution in [3.05, 3.63) is 96.2 Å². The molecule has 33 heavy (non-hydrogen) atoms. The third kappa shape index (κ3) is 4.50. The Labute approximate surface area is 200 Å². The van der Waals surface area contributed by atoms with Crippen LogP contribution in [0.5, 0.6) is 0 Å². The Kier molecular flexibility index (Phi) is 5.65. The van der Waals surface area contributed by atoms with E-state index in [1.54, 1.807) is 42.1 Å². The van der Waals surface area contributed by atoms with Gasteiger partial charge in [-0.05, 0) is 48.0 Å². The number of hydrogen-bond acceptors (Lipinski definition) is 5. The van der Waals surface area contributed by atoms with Gasteiger partial charge in [0, 0.05) is 23.5 Å². The Balaban J connectivity index is 1.59. The van der Waals surface area contributed by atoms with Gasteiger partial charge >= 0.3 is 0 Å². The highest BCUT2D eigenvalue weighted by Gasteiger charge is 2.17. The molecule has 3 heterocycles. The summed E-state index contributed by atoms with van der Waals surface area (Å²) in [5.74, 6) is 0. The van der Waals surface area contributed by atoms with Crippen LogP contribution in [0.3, 0.4) is 0 Å². The van der Waals surface area contributed by atoms with Crippen molar-refractivity contribution in [1.29, 1.82) is 0 Å². The SMILES string of the molecule is CS(=O)(=O)c1cccc(-c2ccc(-c3cc(Cn4ccnc4)nn3-c3ccccc3Cl)s2)c1. The molecule has 0 atom stereocenters. The number of para-hydroxylation sites is 1. The lowest BCUT2D eigenvalue weighted by Gasteiger charge is -2.08. The molecule has 0 aliphatic heterocycles. The normalized spacial score (nSPS) is 11.7. The van der Waals surface area contributed by atoms with Crippen LogP contribution in [0.15, 0.2) is 90.3 Å². The second-order valence-electron chi connectivity index (χ2n) is 7.58. The minimum absolute atomic E-state index is 0.304. The molecular weight excluding hydrogens is 476 g/mol. The van der Waals surface area contributed by atoms with Crippen LogP contribution < -0.4 is 0 Å². The standard InChI is InChI=1S/C24H19ClN4O2S2/c1-33(30,31)19-6-4-5-17(13-19)23-9-10-24(32-23)22-14-18(15-28-12-11-26-16-28)27-29(22)21-8-3-2-7-20(21)25/h2-14,16H,15H2,1H3. The van der Waals surface area contributed by atoms with Crippen LogP contribution in [0, 0.1) is 0 Å². The summed E-state index contributed by atoms with van der Waals surface area (Å²) in [5.41, 5.74) is 3.43. The molecule has 0 amide bonds. The first-order chi connectivity index (χ1) is 15.9. The minimum atomic E-state index is -3.28. The van der Waals surface area contributed by atoms with Gasteiger partial charge in [-0.25, -0.2) is 18.1 Å². The number of aromatic nitrogens is 4. The predicted molar refractivity (Wildman–Crippen MR) is 132 cm³/mol. The number of sulfone groups is 1. The zero-order valence-electron chi connectivity index (χ0n) is 17.6. The third-order valence-electron chi connectivity index (χ3n) is 5.15. The Hall–Kier alpha value is -3.20. The molecule has 0 fully saturated rings. The predicted octanol–water partition coefficient (Wildman–Crippen LogP) is 5.57. The molecule has 2 aromatic carbocycles. The number of halogens is 1. The van der Waals surface area contributed by atoms with Gasteiger partial charge in [0.1, 0.15) is 0 Å². The molecule has 0 aliphatic rings. The Morgan fingerprint density at radius 2 is 1.82 bits per heavy atom. The maximum Gasteiger partial charge on any atom is 0.175 e. The lowest BCUT2D eigenvalue weighted by molar-refractivity contribution is 0.602. The van der Waals surface area contributed by atoms with Crippen molar-refractivity contribution in [2.24, 2.45) is 0 Å². The summed E-state index contributed by atoms with van der Waals surface area (Å²) in [6.45, 7) is 0.582. The van der Waals surface area contributed by atoms with E-state index in [1.165, 1.54) is 6.26 Å². The summed E-state index contributed by atoms with van der Waals surface area (Å²) in [6.07, 6.45) is 6.61. The molecule has 0 radical (unpaired) electrons. The van der Waals surface area contributed by atoms with Crippen molar-refractivity contribution in [3.8, 4) is 26.7 Å². The van der Waals surface area contributed by atoms with E-state index in [0.29, 0.717) is 16.5 Å². The molecule has 0 spiro atoms. The Morgan fingerprint density at radius 1 is 1.00 bits per heavy atom. The highest BCUT2D eigenvalue weighted by Crippen LogP contribution is 2.37. The van der Waals surface area contributed by atoms with Gasteiger partial charge in [0.15, 0.2) is 9.84 Å². The van der Waals surface area contributed by atoms with Gasteiger partial charge in [-0.2, -0.15) is 5.10 Å². The maximum absolute atomic E-state index is 12.0. The molecule has 0 unspecified atom stereocenters. The van der Waals surface area contributed by atoms with Crippen molar-refractivity contribution < 1.29 is 8.42 Å². The van der Waals surface area contributed by atoms with E-state index in [-0.39, 0.29) is 0 Å². The van der Waals surface area contributed by atoms with Crippen molar-refractivity contribution in [3.63, 3.8) is 0 Å². The fourth-order valence-corrected chi connectivity index (χ4v) is 5.45. The first-order valence-corrected chi connectivity index (χ1v) is 13.2. The number of hydrogen-bond donors (Lipinski definition) is 0.